The molecule has 0 bridgehead atoms. The van der Waals surface area contributed by atoms with Crippen molar-refractivity contribution in [3.8, 4) is 25.5 Å². The molecule has 4 rings (SSSR count). The Labute approximate surface area is 153 Å². The summed E-state index contributed by atoms with van der Waals surface area (Å²) in [5.41, 5.74) is 2.65. The van der Waals surface area contributed by atoms with E-state index in [1.54, 1.807) is 17.5 Å². The summed E-state index contributed by atoms with van der Waals surface area (Å²) < 4.78 is 5.75. The summed E-state index contributed by atoms with van der Waals surface area (Å²) >= 11 is 3.12. The maximum atomic E-state index is 5.75. The first-order chi connectivity index (χ1) is 12.3. The van der Waals surface area contributed by atoms with E-state index in [0.717, 1.165) is 43.3 Å². The van der Waals surface area contributed by atoms with Gasteiger partial charge >= 0.3 is 0 Å². The smallest absolute Gasteiger partial charge is 0.204 e. The third kappa shape index (κ3) is 3.40. The zero-order valence-electron chi connectivity index (χ0n) is 13.6. The van der Waals surface area contributed by atoms with Gasteiger partial charge in [0.15, 0.2) is 0 Å². The molecule has 0 spiro atoms. The zero-order valence-corrected chi connectivity index (χ0v) is 15.3. The van der Waals surface area contributed by atoms with Crippen LogP contribution in [0, 0.1) is 0 Å². The first kappa shape index (κ1) is 16.2. The van der Waals surface area contributed by atoms with Gasteiger partial charge in [0.25, 0.3) is 0 Å². The minimum absolute atomic E-state index is 0.604. The molecule has 0 amide bonds. The average molecular weight is 372 g/mol. The first-order valence-corrected chi connectivity index (χ1v) is 9.68. The first-order valence-electron chi connectivity index (χ1n) is 8.04. The topological polar surface area (TPSA) is 69.5 Å². The Balaban J connectivity index is 1.63. The van der Waals surface area contributed by atoms with Gasteiger partial charge in [-0.3, -0.25) is 4.98 Å². The van der Waals surface area contributed by atoms with Crippen molar-refractivity contribution in [2.45, 2.75) is 19.8 Å². The molecule has 0 atom stereocenters. The number of hydrogen-bond donors (Lipinski definition) is 0. The minimum Gasteiger partial charge on any atom is -0.482 e. The van der Waals surface area contributed by atoms with Crippen molar-refractivity contribution in [2.75, 3.05) is 13.2 Å². The SMILES string of the molecule is CCCON=C1CCOc2sc(-c3cnc(-c4cccnc4)s3)nc21. The number of pyridine rings is 1. The van der Waals surface area contributed by atoms with Gasteiger partial charge in [-0.25, -0.2) is 9.97 Å². The predicted molar refractivity (Wildman–Crippen MR) is 99.3 cm³/mol. The fourth-order valence-electron chi connectivity index (χ4n) is 2.35. The Bertz CT molecular complexity index is 889. The highest BCUT2D eigenvalue weighted by molar-refractivity contribution is 7.24. The van der Waals surface area contributed by atoms with Crippen LogP contribution in [-0.4, -0.2) is 33.9 Å². The van der Waals surface area contributed by atoms with Crippen molar-refractivity contribution in [3.05, 3.63) is 36.4 Å². The molecule has 1 aliphatic heterocycles. The fourth-order valence-corrected chi connectivity index (χ4v) is 4.26. The van der Waals surface area contributed by atoms with Gasteiger partial charge in [-0.05, 0) is 18.6 Å². The van der Waals surface area contributed by atoms with E-state index in [9.17, 15) is 0 Å². The summed E-state index contributed by atoms with van der Waals surface area (Å²) in [6, 6.07) is 3.91. The van der Waals surface area contributed by atoms with E-state index in [1.807, 2.05) is 24.5 Å². The summed E-state index contributed by atoms with van der Waals surface area (Å²) in [5, 5.41) is 6.86. The number of oxime groups is 1. The van der Waals surface area contributed by atoms with Crippen molar-refractivity contribution >= 4 is 28.4 Å². The van der Waals surface area contributed by atoms with Crippen LogP contribution in [0.3, 0.4) is 0 Å². The summed E-state index contributed by atoms with van der Waals surface area (Å²) in [6.45, 7) is 3.27. The van der Waals surface area contributed by atoms with E-state index in [1.165, 1.54) is 11.3 Å². The Hall–Kier alpha value is -2.32. The zero-order chi connectivity index (χ0) is 17.1. The summed E-state index contributed by atoms with van der Waals surface area (Å²) in [7, 11) is 0. The van der Waals surface area contributed by atoms with Crippen LogP contribution >= 0.6 is 22.7 Å². The number of ether oxygens (including phenoxy) is 1. The molecule has 4 heterocycles. The lowest BCUT2D eigenvalue weighted by molar-refractivity contribution is 0.143. The van der Waals surface area contributed by atoms with Crippen LogP contribution in [0.1, 0.15) is 25.5 Å². The summed E-state index contributed by atoms with van der Waals surface area (Å²) in [5.74, 6) is 0. The molecule has 3 aromatic heterocycles. The van der Waals surface area contributed by atoms with Gasteiger partial charge in [-0.1, -0.05) is 23.4 Å². The second-order valence-corrected chi connectivity index (χ2v) is 7.39. The Morgan fingerprint density at radius 2 is 2.24 bits per heavy atom. The Morgan fingerprint density at radius 1 is 1.28 bits per heavy atom. The van der Waals surface area contributed by atoms with Crippen LogP contribution in [0.2, 0.25) is 0 Å². The summed E-state index contributed by atoms with van der Waals surface area (Å²) in [4.78, 5) is 19.7. The van der Waals surface area contributed by atoms with Gasteiger partial charge in [-0.2, -0.15) is 0 Å². The number of fused-ring (bicyclic) bond motifs is 1. The van der Waals surface area contributed by atoms with Gasteiger partial charge < -0.3 is 9.57 Å². The van der Waals surface area contributed by atoms with Crippen LogP contribution in [0.25, 0.3) is 20.5 Å². The number of nitrogens with zero attached hydrogens (tertiary/aromatic N) is 4. The van der Waals surface area contributed by atoms with Crippen LogP contribution in [0.4, 0.5) is 0 Å². The highest BCUT2D eigenvalue weighted by Crippen LogP contribution is 2.40. The molecule has 0 saturated heterocycles. The number of thiazole rings is 2. The molecule has 0 aromatic carbocycles. The normalized spacial score (nSPS) is 15.0. The Morgan fingerprint density at radius 3 is 3.08 bits per heavy atom. The molecule has 0 fully saturated rings. The van der Waals surface area contributed by atoms with Crippen molar-refractivity contribution < 1.29 is 9.57 Å². The minimum atomic E-state index is 0.604. The Kier molecular flexibility index (Phi) is 4.71. The molecule has 0 unspecified atom stereocenters. The monoisotopic (exact) mass is 372 g/mol. The quantitative estimate of drug-likeness (QED) is 0.495. The molecule has 1 aliphatic rings. The van der Waals surface area contributed by atoms with Gasteiger partial charge in [0.05, 0.1) is 11.5 Å². The molecule has 0 radical (unpaired) electrons. The molecule has 8 heteroatoms. The van der Waals surface area contributed by atoms with Crippen LogP contribution in [0.5, 0.6) is 5.06 Å². The maximum Gasteiger partial charge on any atom is 0.204 e. The molecule has 0 N–H and O–H groups in total. The lowest BCUT2D eigenvalue weighted by Crippen LogP contribution is -2.16. The van der Waals surface area contributed by atoms with Crippen LogP contribution in [0.15, 0.2) is 35.9 Å². The third-order valence-electron chi connectivity index (χ3n) is 3.54. The van der Waals surface area contributed by atoms with Crippen LogP contribution in [-0.2, 0) is 4.84 Å². The molecule has 0 aliphatic carbocycles. The molecule has 6 nitrogen and oxygen atoms in total. The van der Waals surface area contributed by atoms with E-state index in [-0.39, 0.29) is 0 Å². The van der Waals surface area contributed by atoms with Gasteiger partial charge in [0.2, 0.25) is 5.06 Å². The van der Waals surface area contributed by atoms with Crippen molar-refractivity contribution in [1.29, 1.82) is 0 Å². The van der Waals surface area contributed by atoms with E-state index in [2.05, 4.69) is 22.0 Å². The highest BCUT2D eigenvalue weighted by Gasteiger charge is 2.24. The molecular formula is C17H16N4O2S2. The average Bonchev–Trinajstić information content (AvgIpc) is 3.30. The van der Waals surface area contributed by atoms with E-state index in [0.29, 0.717) is 19.6 Å². The predicted octanol–water partition coefficient (Wildman–Crippen LogP) is 4.24. The standard InChI is InChI=1S/C17H16N4O2S2/c1-2-7-23-21-12-5-8-22-17-14(12)20-16(25-17)13-10-19-15(24-13)11-4-3-6-18-9-11/h3-4,6,9-10H,2,5,7-8H2,1H3. The van der Waals surface area contributed by atoms with Gasteiger partial charge in [-0.15, -0.1) is 11.3 Å². The molecule has 0 saturated carbocycles. The van der Waals surface area contributed by atoms with E-state index >= 15 is 0 Å². The molecule has 128 valence electrons. The number of hydrogen-bond acceptors (Lipinski definition) is 8. The maximum absolute atomic E-state index is 5.75. The molecular weight excluding hydrogens is 356 g/mol. The third-order valence-corrected chi connectivity index (χ3v) is 5.72. The fraction of sp³-hybridized carbons (Fsp3) is 0.294. The lowest BCUT2D eigenvalue weighted by atomic mass is 10.2. The summed E-state index contributed by atoms with van der Waals surface area (Å²) in [6.07, 6.45) is 7.06. The molecule has 25 heavy (non-hydrogen) atoms. The second kappa shape index (κ2) is 7.28. The number of aromatic nitrogens is 3. The highest BCUT2D eigenvalue weighted by atomic mass is 32.1. The largest absolute Gasteiger partial charge is 0.482 e. The van der Waals surface area contributed by atoms with Crippen LogP contribution < -0.4 is 4.74 Å². The molecule has 3 aromatic rings. The van der Waals surface area contributed by atoms with E-state index < -0.39 is 0 Å². The van der Waals surface area contributed by atoms with Gasteiger partial charge in [0, 0.05) is 30.6 Å². The van der Waals surface area contributed by atoms with Crippen molar-refractivity contribution in [3.63, 3.8) is 0 Å². The van der Waals surface area contributed by atoms with Gasteiger partial charge in [0.1, 0.15) is 28.0 Å². The van der Waals surface area contributed by atoms with E-state index in [4.69, 9.17) is 14.6 Å². The lowest BCUT2D eigenvalue weighted by Gasteiger charge is -2.12. The van der Waals surface area contributed by atoms with Crippen molar-refractivity contribution in [2.24, 2.45) is 5.16 Å². The van der Waals surface area contributed by atoms with Crippen molar-refractivity contribution in [1.82, 2.24) is 15.0 Å². The second-order valence-electron chi connectivity index (χ2n) is 5.40. The number of rotatable bonds is 5.